The predicted octanol–water partition coefficient (Wildman–Crippen LogP) is 10.4. The summed E-state index contributed by atoms with van der Waals surface area (Å²) in [5.74, 6) is 4.66. The van der Waals surface area contributed by atoms with Gasteiger partial charge in [-0.1, -0.05) is 23.2 Å². The van der Waals surface area contributed by atoms with Crippen LogP contribution in [0.3, 0.4) is 0 Å². The number of thiazole rings is 1. The average Bonchev–Trinajstić information content (AvgIpc) is 3.60. The van der Waals surface area contributed by atoms with Gasteiger partial charge in [-0.2, -0.15) is 0 Å². The van der Waals surface area contributed by atoms with Crippen molar-refractivity contribution in [2.75, 3.05) is 44.8 Å². The van der Waals surface area contributed by atoms with Crippen molar-refractivity contribution in [1.82, 2.24) is 15.0 Å². The van der Waals surface area contributed by atoms with Crippen molar-refractivity contribution >= 4 is 78.9 Å². The number of hydrogen-bond donors (Lipinski definition) is 3. The highest BCUT2D eigenvalue weighted by Gasteiger charge is 2.14. The van der Waals surface area contributed by atoms with Crippen LogP contribution in [0.1, 0.15) is 5.69 Å². The smallest absolute Gasteiger partial charge is 0.325 e. The van der Waals surface area contributed by atoms with Crippen LogP contribution in [0.5, 0.6) is 46.0 Å². The number of hydrogen-bond acceptors (Lipinski definition) is 12. The van der Waals surface area contributed by atoms with E-state index in [1.165, 1.54) is 11.3 Å². The second-order valence-corrected chi connectivity index (χ2v) is 13.1. The van der Waals surface area contributed by atoms with Gasteiger partial charge in [-0.05, 0) is 55.5 Å². The van der Waals surface area contributed by atoms with Gasteiger partial charge in [0.1, 0.15) is 23.0 Å². The van der Waals surface area contributed by atoms with Crippen LogP contribution in [0.25, 0.3) is 21.8 Å². The van der Waals surface area contributed by atoms with E-state index in [4.69, 9.17) is 57.4 Å². The number of nitrogens with zero attached hydrogens (tertiary/aromatic N) is 3. The zero-order valence-corrected chi connectivity index (χ0v) is 32.4. The van der Waals surface area contributed by atoms with Crippen LogP contribution in [-0.2, 0) is 0 Å². The van der Waals surface area contributed by atoms with E-state index in [1.54, 1.807) is 108 Å². The fraction of sp³-hybridized carbons (Fsp3) is 0.128. The highest BCUT2D eigenvalue weighted by Crippen LogP contribution is 2.39. The van der Waals surface area contributed by atoms with Gasteiger partial charge in [-0.3, -0.25) is 15.3 Å². The fourth-order valence-corrected chi connectivity index (χ4v) is 6.29. The summed E-state index contributed by atoms with van der Waals surface area (Å²) in [6.45, 7) is 1.85. The third-order valence-corrected chi connectivity index (χ3v) is 9.39. The first-order valence-corrected chi connectivity index (χ1v) is 17.9. The Morgan fingerprint density at radius 2 is 1.16 bits per heavy atom. The molecule has 0 spiro atoms. The summed E-state index contributed by atoms with van der Waals surface area (Å²) >= 11 is 13.7. The first kappa shape index (κ1) is 38.5. The van der Waals surface area contributed by atoms with E-state index >= 15 is 0 Å². The predicted molar refractivity (Wildman–Crippen MR) is 217 cm³/mol. The van der Waals surface area contributed by atoms with Crippen LogP contribution in [-0.4, -0.2) is 49.4 Å². The Kier molecular flexibility index (Phi) is 12.1. The summed E-state index contributed by atoms with van der Waals surface area (Å²) in [5, 5.41) is 10.1. The zero-order chi connectivity index (χ0) is 39.1. The van der Waals surface area contributed by atoms with Crippen LogP contribution in [0.2, 0.25) is 10.0 Å². The van der Waals surface area contributed by atoms with Crippen molar-refractivity contribution in [3.8, 4) is 46.0 Å². The highest BCUT2D eigenvalue weighted by molar-refractivity contribution is 7.13. The summed E-state index contributed by atoms with van der Waals surface area (Å²) in [7, 11) is 6.30. The maximum absolute atomic E-state index is 12.2. The number of urea groups is 1. The Bertz CT molecular complexity index is 2500. The number of anilines is 3. The molecule has 0 fully saturated rings. The number of amides is 2. The molecule has 13 nitrogen and oxygen atoms in total. The Labute approximate surface area is 329 Å². The molecule has 0 bridgehead atoms. The first-order chi connectivity index (χ1) is 26.6. The van der Waals surface area contributed by atoms with E-state index in [1.807, 2.05) is 18.4 Å². The quantitative estimate of drug-likeness (QED) is 0.113. The maximum Gasteiger partial charge on any atom is 0.325 e. The van der Waals surface area contributed by atoms with Crippen LogP contribution in [0.4, 0.5) is 21.3 Å². The number of carbonyl (C=O) groups excluding carboxylic acids is 1. The lowest BCUT2D eigenvalue weighted by atomic mass is 10.2. The van der Waals surface area contributed by atoms with Crippen molar-refractivity contribution in [2.24, 2.45) is 0 Å². The number of nitrogens with two attached hydrogens (primary N) is 1. The van der Waals surface area contributed by atoms with Gasteiger partial charge >= 0.3 is 6.03 Å². The second kappa shape index (κ2) is 17.3. The fourth-order valence-electron chi connectivity index (χ4n) is 5.22. The topological polar surface area (TPSA) is 161 Å². The zero-order valence-electron chi connectivity index (χ0n) is 30.1. The van der Waals surface area contributed by atoms with Crippen LogP contribution in [0, 0.1) is 6.92 Å². The van der Waals surface area contributed by atoms with Gasteiger partial charge in [0.05, 0.1) is 66.6 Å². The third kappa shape index (κ3) is 9.12. The van der Waals surface area contributed by atoms with Crippen molar-refractivity contribution < 1.29 is 33.2 Å². The highest BCUT2D eigenvalue weighted by atomic mass is 35.5. The van der Waals surface area contributed by atoms with Gasteiger partial charge in [-0.15, -0.1) is 11.3 Å². The average molecular weight is 802 g/mol. The number of nitrogen functional groups attached to an aromatic ring is 1. The van der Waals surface area contributed by atoms with E-state index < -0.39 is 6.03 Å². The Balaban J connectivity index is 0.000000197. The van der Waals surface area contributed by atoms with Gasteiger partial charge in [0, 0.05) is 52.8 Å². The Hall–Kier alpha value is -6.22. The molecule has 7 aromatic rings. The van der Waals surface area contributed by atoms with Crippen LogP contribution in [0.15, 0.2) is 90.6 Å². The summed E-state index contributed by atoms with van der Waals surface area (Å²) in [6, 6.07) is 20.4. The summed E-state index contributed by atoms with van der Waals surface area (Å²) in [6.07, 6.45) is 3.31. The minimum atomic E-state index is -0.434. The number of rotatable bonds is 10. The normalized spacial score (nSPS) is 10.6. The largest absolute Gasteiger partial charge is 0.493 e. The molecule has 0 saturated heterocycles. The number of benzene rings is 4. The summed E-state index contributed by atoms with van der Waals surface area (Å²) in [5.41, 5.74) is 8.93. The van der Waals surface area contributed by atoms with Gasteiger partial charge in [0.15, 0.2) is 28.1 Å². The van der Waals surface area contributed by atoms with Gasteiger partial charge in [0.2, 0.25) is 0 Å². The molecule has 0 unspecified atom stereocenters. The van der Waals surface area contributed by atoms with Gasteiger partial charge in [0.25, 0.3) is 0 Å². The van der Waals surface area contributed by atoms with E-state index in [9.17, 15) is 4.79 Å². The van der Waals surface area contributed by atoms with Gasteiger partial charge in [-0.25, -0.2) is 9.78 Å². The lowest BCUT2D eigenvalue weighted by Gasteiger charge is -2.13. The number of aromatic nitrogens is 3. The molecule has 7 rings (SSSR count). The van der Waals surface area contributed by atoms with Gasteiger partial charge < -0.3 is 39.5 Å². The Morgan fingerprint density at radius 1 is 0.655 bits per heavy atom. The molecule has 4 aromatic carbocycles. The molecule has 2 amide bonds. The monoisotopic (exact) mass is 800 g/mol. The molecule has 0 saturated carbocycles. The third-order valence-electron chi connectivity index (χ3n) is 7.87. The molecule has 0 aliphatic rings. The van der Waals surface area contributed by atoms with E-state index in [0.717, 1.165) is 22.0 Å². The number of nitrogens with one attached hydrogen (secondary N) is 2. The molecular weight excluding hydrogens is 767 g/mol. The molecule has 16 heteroatoms. The van der Waals surface area contributed by atoms with Crippen molar-refractivity contribution in [3.05, 3.63) is 106 Å². The number of carbonyl (C=O) groups is 1. The molecule has 282 valence electrons. The molecule has 0 radical (unpaired) electrons. The molecule has 3 aromatic heterocycles. The minimum absolute atomic E-state index is 0.325. The molecule has 0 atom stereocenters. The standard InChI is InChI=1S/C22H19ClN4O4S.C17H15ClN2O3/c1-12-11-32-22(25-12)27-21(28)26-16-5-4-13(8-15(16)23)31-18-6-7-24-17-10-20(30-3)19(29-2)9-14(17)18;1-21-16-8-11-14(9-17(16)22-2)20-6-5-15(11)23-10-3-4-13(19)12(18)7-10/h4-11H,1-3H3,(H2,25,26,27,28);3-9H,19H2,1-2H3. The number of halogens is 2. The lowest BCUT2D eigenvalue weighted by molar-refractivity contribution is 0.262. The van der Waals surface area contributed by atoms with E-state index in [2.05, 4.69) is 25.6 Å². The van der Waals surface area contributed by atoms with Crippen molar-refractivity contribution in [2.45, 2.75) is 6.92 Å². The summed E-state index contributed by atoms with van der Waals surface area (Å²) in [4.78, 5) is 25.1. The Morgan fingerprint density at radius 3 is 1.64 bits per heavy atom. The minimum Gasteiger partial charge on any atom is -0.493 e. The maximum atomic E-state index is 12.2. The number of fused-ring (bicyclic) bond motifs is 2. The number of ether oxygens (including phenoxy) is 6. The molecular formula is C39H34Cl2N6O7S. The number of aryl methyl sites for hydroxylation is 1. The second-order valence-electron chi connectivity index (χ2n) is 11.5. The number of pyridine rings is 2. The van der Waals surface area contributed by atoms with Crippen molar-refractivity contribution in [1.29, 1.82) is 0 Å². The van der Waals surface area contributed by atoms with Crippen LogP contribution < -0.4 is 44.8 Å². The molecule has 3 heterocycles. The SMILES string of the molecule is COc1cc2nccc(Oc3ccc(N)c(Cl)c3)c2cc1OC.COc1cc2nccc(Oc3ccc(NC(=O)Nc4nc(C)cs4)c(Cl)c3)c2cc1OC. The van der Waals surface area contributed by atoms with Crippen LogP contribution >= 0.6 is 34.5 Å². The summed E-state index contributed by atoms with van der Waals surface area (Å²) < 4.78 is 33.3. The molecule has 55 heavy (non-hydrogen) atoms. The molecule has 0 aliphatic heterocycles. The van der Waals surface area contributed by atoms with Crippen molar-refractivity contribution in [3.63, 3.8) is 0 Å². The molecule has 4 N–H and O–H groups in total. The first-order valence-electron chi connectivity index (χ1n) is 16.3. The number of methoxy groups -OCH3 is 4. The van der Waals surface area contributed by atoms with E-state index in [0.29, 0.717) is 78.1 Å². The molecule has 0 aliphatic carbocycles. The lowest BCUT2D eigenvalue weighted by Crippen LogP contribution is -2.19. The van der Waals surface area contributed by atoms with E-state index in [-0.39, 0.29) is 0 Å².